The molecule has 1 aliphatic carbocycles. The quantitative estimate of drug-likeness (QED) is 0.564. The molecule has 0 unspecified atom stereocenters. The molecule has 7 heteroatoms. The predicted molar refractivity (Wildman–Crippen MR) is 131 cm³/mol. The number of fused-ring (bicyclic) bond motifs is 4. The van der Waals surface area contributed by atoms with E-state index in [0.717, 1.165) is 50.0 Å². The third-order valence-corrected chi connectivity index (χ3v) is 7.92. The highest BCUT2D eigenvalue weighted by Crippen LogP contribution is 2.47. The minimum absolute atomic E-state index is 0.0602. The lowest BCUT2D eigenvalue weighted by molar-refractivity contribution is -0.0349. The van der Waals surface area contributed by atoms with E-state index in [1.54, 1.807) is 18.2 Å². The number of halogens is 2. The second kappa shape index (κ2) is 9.04. The number of carbonyl (C=O) groups is 1. The number of alkyl carbamates (subject to hydrolysis) is 1. The van der Waals surface area contributed by atoms with Crippen molar-refractivity contribution in [1.29, 1.82) is 0 Å². The maximum Gasteiger partial charge on any atom is 0.407 e. The second-order valence-electron chi connectivity index (χ2n) is 10.4. The number of carbonyl (C=O) groups excluding carboxylic acids is 1. The predicted octanol–water partition coefficient (Wildman–Crippen LogP) is 5.99. The molecule has 3 aliphatic heterocycles. The minimum atomic E-state index is -0.410. The van der Waals surface area contributed by atoms with E-state index in [1.165, 1.54) is 0 Å². The molecule has 3 saturated heterocycles. The summed E-state index contributed by atoms with van der Waals surface area (Å²) in [5.74, 6) is 0.691. The molecule has 1 N–H and O–H groups in total. The van der Waals surface area contributed by atoms with Crippen LogP contribution < -0.4 is 10.1 Å². The maximum atomic E-state index is 15.3. The lowest BCUT2D eigenvalue weighted by Gasteiger charge is -2.44. The summed E-state index contributed by atoms with van der Waals surface area (Å²) < 4.78 is 26.7. The Morgan fingerprint density at radius 1 is 1.24 bits per heavy atom. The van der Waals surface area contributed by atoms with Crippen molar-refractivity contribution in [1.82, 2.24) is 10.2 Å². The van der Waals surface area contributed by atoms with Crippen LogP contribution in [-0.2, 0) is 11.2 Å². The number of benzene rings is 2. The summed E-state index contributed by atoms with van der Waals surface area (Å²) in [7, 11) is 0. The first-order valence-corrected chi connectivity index (χ1v) is 12.6. The molecule has 2 atom stereocenters. The molecule has 2 aromatic carbocycles. The summed E-state index contributed by atoms with van der Waals surface area (Å²) in [6, 6.07) is 8.46. The van der Waals surface area contributed by atoms with Gasteiger partial charge in [0.1, 0.15) is 17.7 Å². The van der Waals surface area contributed by atoms with E-state index < -0.39 is 6.09 Å². The molecular weight excluding hydrogens is 455 g/mol. The fourth-order valence-corrected chi connectivity index (χ4v) is 6.07. The standard InChI is InChI=1S/C27H32ClFN2O3/c1-4-33-23-6-5-17(12-21(23)28)19-11-18-14-27(2,3)25(20(18)13-22(19)29)30-26(32)34-24-15-31-9-7-16(24)8-10-31/h5-6,11-13,16,24-25H,4,7-10,14-15H2,1-3H3,(H,30,32)/t24-,25+/m1/s1. The monoisotopic (exact) mass is 486 g/mol. The molecule has 3 fully saturated rings. The Morgan fingerprint density at radius 2 is 2.00 bits per heavy atom. The lowest BCUT2D eigenvalue weighted by atomic mass is 9.85. The highest BCUT2D eigenvalue weighted by atomic mass is 35.5. The van der Waals surface area contributed by atoms with Crippen molar-refractivity contribution in [3.05, 3.63) is 52.3 Å². The van der Waals surface area contributed by atoms with Crippen LogP contribution in [0, 0.1) is 17.2 Å². The molecule has 0 spiro atoms. The van der Waals surface area contributed by atoms with Crippen LogP contribution in [0.3, 0.4) is 0 Å². The molecule has 3 heterocycles. The van der Waals surface area contributed by atoms with Crippen LogP contribution >= 0.6 is 11.6 Å². The highest BCUT2D eigenvalue weighted by molar-refractivity contribution is 6.32. The van der Waals surface area contributed by atoms with Crippen LogP contribution in [0.1, 0.15) is 50.8 Å². The van der Waals surface area contributed by atoms with Crippen LogP contribution in [0.5, 0.6) is 5.75 Å². The summed E-state index contributed by atoms with van der Waals surface area (Å²) in [6.45, 7) is 9.59. The lowest BCUT2D eigenvalue weighted by Crippen LogP contribution is -2.53. The van der Waals surface area contributed by atoms with Crippen LogP contribution in [0.25, 0.3) is 11.1 Å². The first-order valence-electron chi connectivity index (χ1n) is 12.2. The SMILES string of the molecule is CCOc1ccc(-c2cc3c(cc2F)[C@H](NC(=O)O[C@@H]2CN4CCC2CC4)C(C)(C)C3)cc1Cl. The van der Waals surface area contributed by atoms with Gasteiger partial charge in [-0.2, -0.15) is 0 Å². The van der Waals surface area contributed by atoms with Gasteiger partial charge in [-0.1, -0.05) is 31.5 Å². The first-order chi connectivity index (χ1) is 16.2. The summed E-state index contributed by atoms with van der Waals surface area (Å²) in [5, 5.41) is 3.52. The second-order valence-corrected chi connectivity index (χ2v) is 10.8. The van der Waals surface area contributed by atoms with Gasteiger partial charge in [-0.25, -0.2) is 9.18 Å². The number of hydrogen-bond acceptors (Lipinski definition) is 4. The summed E-state index contributed by atoms with van der Waals surface area (Å²) in [5.41, 5.74) is 2.77. The topological polar surface area (TPSA) is 50.8 Å². The molecule has 0 saturated carbocycles. The largest absolute Gasteiger partial charge is 0.492 e. The van der Waals surface area contributed by atoms with Crippen molar-refractivity contribution in [2.45, 2.75) is 52.2 Å². The molecule has 4 aliphatic rings. The van der Waals surface area contributed by atoms with Gasteiger partial charge in [-0.15, -0.1) is 0 Å². The van der Waals surface area contributed by atoms with E-state index in [0.29, 0.717) is 34.4 Å². The van der Waals surface area contributed by atoms with E-state index in [1.807, 2.05) is 19.1 Å². The molecular formula is C27H32ClFN2O3. The van der Waals surface area contributed by atoms with Crippen LogP contribution in [0.4, 0.5) is 9.18 Å². The Labute approximate surface area is 205 Å². The van der Waals surface area contributed by atoms with Gasteiger partial charge in [-0.3, -0.25) is 4.90 Å². The molecule has 5 nitrogen and oxygen atoms in total. The Hall–Kier alpha value is -2.31. The van der Waals surface area contributed by atoms with Gasteiger partial charge in [0.05, 0.1) is 17.7 Å². The Bertz CT molecular complexity index is 1100. The number of hydrogen-bond donors (Lipinski definition) is 1. The summed E-state index contributed by atoms with van der Waals surface area (Å²) >= 11 is 6.35. The minimum Gasteiger partial charge on any atom is -0.492 e. The first kappa shape index (κ1) is 23.4. The Kier molecular flexibility index (Phi) is 6.23. The van der Waals surface area contributed by atoms with E-state index in [-0.39, 0.29) is 23.4 Å². The van der Waals surface area contributed by atoms with Gasteiger partial charge in [0, 0.05) is 12.1 Å². The van der Waals surface area contributed by atoms with E-state index in [9.17, 15) is 4.79 Å². The summed E-state index contributed by atoms with van der Waals surface area (Å²) in [6.07, 6.45) is 2.42. The average molecular weight is 487 g/mol. The van der Waals surface area contributed by atoms with Crippen molar-refractivity contribution in [3.8, 4) is 16.9 Å². The number of piperidine rings is 3. The number of nitrogens with zero attached hydrogens (tertiary/aromatic N) is 1. The van der Waals surface area contributed by atoms with Gasteiger partial charge in [0.15, 0.2) is 0 Å². The average Bonchev–Trinajstić information content (AvgIpc) is 3.04. The zero-order valence-corrected chi connectivity index (χ0v) is 20.8. The fourth-order valence-electron chi connectivity index (χ4n) is 5.84. The number of ether oxygens (including phenoxy) is 2. The van der Waals surface area contributed by atoms with E-state index >= 15 is 4.39 Å². The van der Waals surface area contributed by atoms with Gasteiger partial charge in [-0.05, 0) is 91.6 Å². The third kappa shape index (κ3) is 4.38. The van der Waals surface area contributed by atoms with Gasteiger partial charge in [0.2, 0.25) is 0 Å². The van der Waals surface area contributed by atoms with Gasteiger partial charge >= 0.3 is 6.09 Å². The molecule has 2 aromatic rings. The number of nitrogens with one attached hydrogen (secondary N) is 1. The number of rotatable bonds is 5. The highest BCUT2D eigenvalue weighted by Gasteiger charge is 2.42. The van der Waals surface area contributed by atoms with Crippen LogP contribution in [-0.4, -0.2) is 43.3 Å². The van der Waals surface area contributed by atoms with Crippen molar-refractivity contribution in [3.63, 3.8) is 0 Å². The molecule has 34 heavy (non-hydrogen) atoms. The zero-order valence-electron chi connectivity index (χ0n) is 20.0. The van der Waals surface area contributed by atoms with Crippen molar-refractivity contribution >= 4 is 17.7 Å². The van der Waals surface area contributed by atoms with Gasteiger partial charge < -0.3 is 14.8 Å². The van der Waals surface area contributed by atoms with E-state index in [4.69, 9.17) is 21.1 Å². The van der Waals surface area contributed by atoms with Gasteiger partial charge in [0.25, 0.3) is 0 Å². The Morgan fingerprint density at radius 3 is 2.65 bits per heavy atom. The van der Waals surface area contributed by atoms with Crippen LogP contribution in [0.2, 0.25) is 5.02 Å². The summed E-state index contributed by atoms with van der Waals surface area (Å²) in [4.78, 5) is 15.2. The molecule has 0 radical (unpaired) electrons. The third-order valence-electron chi connectivity index (χ3n) is 7.63. The Balaban J connectivity index is 1.36. The molecule has 6 rings (SSSR count). The smallest absolute Gasteiger partial charge is 0.407 e. The molecule has 182 valence electrons. The maximum absolute atomic E-state index is 15.3. The molecule has 0 aromatic heterocycles. The number of amides is 1. The molecule has 2 bridgehead atoms. The van der Waals surface area contributed by atoms with Crippen molar-refractivity contribution in [2.24, 2.45) is 11.3 Å². The molecule has 1 amide bonds. The van der Waals surface area contributed by atoms with Crippen molar-refractivity contribution < 1.29 is 18.7 Å². The normalized spacial score (nSPS) is 26.7. The zero-order chi connectivity index (χ0) is 24.0. The van der Waals surface area contributed by atoms with Crippen LogP contribution in [0.15, 0.2) is 30.3 Å². The van der Waals surface area contributed by atoms with E-state index in [2.05, 4.69) is 24.1 Å². The van der Waals surface area contributed by atoms with Crippen molar-refractivity contribution in [2.75, 3.05) is 26.2 Å². The fraction of sp³-hybridized carbons (Fsp3) is 0.519.